The van der Waals surface area contributed by atoms with Crippen molar-refractivity contribution in [3.63, 3.8) is 0 Å². The second kappa shape index (κ2) is 6.36. The first-order valence-corrected chi connectivity index (χ1v) is 8.38. The average Bonchev–Trinajstić information content (AvgIpc) is 3.27. The van der Waals surface area contributed by atoms with Gasteiger partial charge in [-0.3, -0.25) is 9.59 Å². The zero-order valence-electron chi connectivity index (χ0n) is 11.1. The number of benzene rings is 1. The number of hydrogen-bond acceptors (Lipinski definition) is 6. The van der Waals surface area contributed by atoms with E-state index in [0.717, 1.165) is 12.8 Å². The fourth-order valence-electron chi connectivity index (χ4n) is 1.71. The van der Waals surface area contributed by atoms with Crippen LogP contribution in [-0.2, 0) is 4.79 Å². The van der Waals surface area contributed by atoms with Crippen molar-refractivity contribution in [2.24, 2.45) is 5.92 Å². The van der Waals surface area contributed by atoms with Crippen LogP contribution in [0.25, 0.3) is 0 Å². The maximum atomic E-state index is 12.0. The summed E-state index contributed by atoms with van der Waals surface area (Å²) in [7, 11) is 0. The van der Waals surface area contributed by atoms with Crippen LogP contribution < -0.4 is 5.32 Å². The van der Waals surface area contributed by atoms with E-state index in [0.29, 0.717) is 20.8 Å². The van der Waals surface area contributed by atoms with E-state index in [-0.39, 0.29) is 17.6 Å². The summed E-state index contributed by atoms with van der Waals surface area (Å²) in [5.74, 6) is 0.530. The number of hydrogen-bond donors (Lipinski definition) is 1. The molecule has 1 fully saturated rings. The van der Waals surface area contributed by atoms with Gasteiger partial charge in [0.05, 0.1) is 5.75 Å². The molecule has 1 aliphatic rings. The molecule has 1 amide bonds. The van der Waals surface area contributed by atoms with Gasteiger partial charge in [0.15, 0.2) is 10.1 Å². The smallest absolute Gasteiger partial charge is 0.229 e. The van der Waals surface area contributed by atoms with Crippen molar-refractivity contribution < 1.29 is 9.59 Å². The van der Waals surface area contributed by atoms with Gasteiger partial charge < -0.3 is 5.32 Å². The van der Waals surface area contributed by atoms with Crippen LogP contribution in [0.15, 0.2) is 34.7 Å². The largest absolute Gasteiger partial charge is 0.300 e. The van der Waals surface area contributed by atoms with Crippen molar-refractivity contribution in [1.82, 2.24) is 10.2 Å². The Morgan fingerprint density at radius 1 is 1.24 bits per heavy atom. The van der Waals surface area contributed by atoms with Gasteiger partial charge in [-0.2, -0.15) is 0 Å². The molecule has 108 valence electrons. The highest BCUT2D eigenvalue weighted by atomic mass is 32.2. The molecule has 1 aromatic heterocycles. The van der Waals surface area contributed by atoms with Gasteiger partial charge in [0.25, 0.3) is 0 Å². The molecule has 1 aromatic carbocycles. The Morgan fingerprint density at radius 2 is 2.00 bits per heavy atom. The van der Waals surface area contributed by atoms with E-state index in [1.54, 1.807) is 12.1 Å². The van der Waals surface area contributed by atoms with Gasteiger partial charge >= 0.3 is 0 Å². The maximum Gasteiger partial charge on any atom is 0.229 e. The molecule has 21 heavy (non-hydrogen) atoms. The van der Waals surface area contributed by atoms with Crippen LogP contribution in [0, 0.1) is 5.92 Å². The topological polar surface area (TPSA) is 72.0 Å². The molecule has 0 unspecified atom stereocenters. The Hall–Kier alpha value is -1.73. The van der Waals surface area contributed by atoms with Crippen molar-refractivity contribution in [1.29, 1.82) is 0 Å². The minimum absolute atomic E-state index is 0.0167. The fraction of sp³-hybridized carbons (Fsp3) is 0.286. The Morgan fingerprint density at radius 3 is 2.71 bits per heavy atom. The van der Waals surface area contributed by atoms with E-state index < -0.39 is 0 Å². The van der Waals surface area contributed by atoms with Crippen LogP contribution >= 0.6 is 23.1 Å². The second-order valence-electron chi connectivity index (χ2n) is 4.71. The average molecular weight is 319 g/mol. The summed E-state index contributed by atoms with van der Waals surface area (Å²) in [4.78, 5) is 23.6. The van der Waals surface area contributed by atoms with Crippen LogP contribution in [0.4, 0.5) is 5.13 Å². The number of ketones is 1. The molecule has 0 atom stereocenters. The van der Waals surface area contributed by atoms with Crippen LogP contribution in [0.1, 0.15) is 23.2 Å². The number of rotatable bonds is 6. The van der Waals surface area contributed by atoms with E-state index in [1.807, 2.05) is 18.2 Å². The van der Waals surface area contributed by atoms with Gasteiger partial charge in [0.2, 0.25) is 11.0 Å². The molecule has 1 heterocycles. The van der Waals surface area contributed by atoms with Gasteiger partial charge in [-0.05, 0) is 12.8 Å². The third kappa shape index (κ3) is 3.89. The maximum absolute atomic E-state index is 12.0. The Labute approximate surface area is 130 Å². The zero-order chi connectivity index (χ0) is 14.7. The molecular weight excluding hydrogens is 306 g/mol. The second-order valence-corrected chi connectivity index (χ2v) is 6.91. The number of anilines is 1. The third-order valence-electron chi connectivity index (χ3n) is 3.01. The Bertz CT molecular complexity index is 653. The lowest BCUT2D eigenvalue weighted by atomic mass is 10.2. The van der Waals surface area contributed by atoms with Gasteiger partial charge in [-0.1, -0.05) is 53.4 Å². The molecular formula is C14H13N3O2S2. The molecule has 2 aromatic rings. The zero-order valence-corrected chi connectivity index (χ0v) is 12.7. The number of nitrogens with zero attached hydrogens (tertiary/aromatic N) is 2. The summed E-state index contributed by atoms with van der Waals surface area (Å²) in [5.41, 5.74) is 0.691. The van der Waals surface area contributed by atoms with Crippen LogP contribution in [0.5, 0.6) is 0 Å². The van der Waals surface area contributed by atoms with Crippen molar-refractivity contribution >= 4 is 39.9 Å². The first kappa shape index (κ1) is 14.2. The van der Waals surface area contributed by atoms with Gasteiger partial charge in [0, 0.05) is 11.5 Å². The predicted molar refractivity (Wildman–Crippen MR) is 82.8 cm³/mol. The van der Waals surface area contributed by atoms with Crippen LogP contribution in [0.3, 0.4) is 0 Å². The first-order chi connectivity index (χ1) is 10.2. The van der Waals surface area contributed by atoms with E-state index in [9.17, 15) is 9.59 Å². The lowest BCUT2D eigenvalue weighted by Gasteiger charge is -1.98. The molecule has 0 bridgehead atoms. The number of carbonyl (C=O) groups excluding carboxylic acids is 2. The highest BCUT2D eigenvalue weighted by Crippen LogP contribution is 2.31. The number of amides is 1. The molecule has 0 spiro atoms. The molecule has 1 aliphatic carbocycles. The highest BCUT2D eigenvalue weighted by Gasteiger charge is 2.30. The van der Waals surface area contributed by atoms with Crippen LogP contribution in [-0.4, -0.2) is 27.6 Å². The number of nitrogens with one attached hydrogen (secondary N) is 1. The van der Waals surface area contributed by atoms with Gasteiger partial charge in [0.1, 0.15) is 0 Å². The number of aromatic nitrogens is 2. The van der Waals surface area contributed by atoms with E-state index >= 15 is 0 Å². The van der Waals surface area contributed by atoms with Gasteiger partial charge in [-0.15, -0.1) is 10.2 Å². The molecule has 5 nitrogen and oxygen atoms in total. The quantitative estimate of drug-likeness (QED) is 0.503. The highest BCUT2D eigenvalue weighted by molar-refractivity contribution is 8.01. The van der Waals surface area contributed by atoms with Crippen molar-refractivity contribution in [3.05, 3.63) is 35.9 Å². The molecule has 3 rings (SSSR count). The van der Waals surface area contributed by atoms with E-state index in [4.69, 9.17) is 0 Å². The van der Waals surface area contributed by atoms with E-state index in [1.165, 1.54) is 23.1 Å². The van der Waals surface area contributed by atoms with Crippen LogP contribution in [0.2, 0.25) is 0 Å². The lowest BCUT2D eigenvalue weighted by Crippen LogP contribution is -2.12. The summed E-state index contributed by atoms with van der Waals surface area (Å²) < 4.78 is 0.686. The molecule has 0 saturated heterocycles. The summed E-state index contributed by atoms with van der Waals surface area (Å²) >= 11 is 2.64. The normalized spacial score (nSPS) is 13.9. The number of thioether (sulfide) groups is 1. The third-order valence-corrected chi connectivity index (χ3v) is 4.98. The minimum atomic E-state index is 0.0167. The molecule has 1 saturated carbocycles. The molecule has 0 aliphatic heterocycles. The summed E-state index contributed by atoms with van der Waals surface area (Å²) in [6.07, 6.45) is 1.91. The van der Waals surface area contributed by atoms with E-state index in [2.05, 4.69) is 15.5 Å². The SMILES string of the molecule is O=C(CSc1nnc(NC(=O)C2CC2)s1)c1ccccc1. The van der Waals surface area contributed by atoms with Gasteiger partial charge in [-0.25, -0.2) is 0 Å². The fourth-order valence-corrected chi connectivity index (χ4v) is 3.36. The predicted octanol–water partition coefficient (Wildman–Crippen LogP) is 2.86. The summed E-state index contributed by atoms with van der Waals surface area (Å²) in [6.45, 7) is 0. The monoisotopic (exact) mass is 319 g/mol. The minimum Gasteiger partial charge on any atom is -0.300 e. The summed E-state index contributed by atoms with van der Waals surface area (Å²) in [6, 6.07) is 9.15. The summed E-state index contributed by atoms with van der Waals surface area (Å²) in [5, 5.41) is 11.2. The number of carbonyl (C=O) groups is 2. The standard InChI is InChI=1S/C14H13N3O2S2/c18-11(9-4-2-1-3-5-9)8-20-14-17-16-13(21-14)15-12(19)10-6-7-10/h1-5,10H,6-8H2,(H,15,16,19). The van der Waals surface area contributed by atoms with Crippen molar-refractivity contribution in [3.8, 4) is 0 Å². The lowest BCUT2D eigenvalue weighted by molar-refractivity contribution is -0.117. The number of Topliss-reactive ketones (excluding diaryl/α,β-unsaturated/α-hetero) is 1. The van der Waals surface area contributed by atoms with Crippen molar-refractivity contribution in [2.45, 2.75) is 17.2 Å². The molecule has 1 N–H and O–H groups in total. The Balaban J connectivity index is 1.52. The van der Waals surface area contributed by atoms with Crippen molar-refractivity contribution in [2.75, 3.05) is 11.1 Å². The molecule has 7 heteroatoms. The first-order valence-electron chi connectivity index (χ1n) is 6.58. The molecule has 0 radical (unpaired) electrons. The Kier molecular flexibility index (Phi) is 4.31.